The molecule has 0 saturated carbocycles. The molecular weight excluding hydrogens is 146 g/mol. The SMILES string of the molecule is [2H]C([2H])([2H])C(C)C[C@H](NC=O)C(=O)O. The zero-order valence-electron chi connectivity index (χ0n) is 9.20. The molecule has 11 heavy (non-hydrogen) atoms. The molecule has 4 heteroatoms. The first kappa shape index (κ1) is 5.57. The second-order valence-electron chi connectivity index (χ2n) is 2.31. The van der Waals surface area contributed by atoms with Crippen LogP contribution in [0.4, 0.5) is 0 Å². The lowest BCUT2D eigenvalue weighted by Crippen LogP contribution is -2.36. The van der Waals surface area contributed by atoms with Crippen LogP contribution in [0.5, 0.6) is 0 Å². The maximum atomic E-state index is 10.5. The van der Waals surface area contributed by atoms with Crippen LogP contribution >= 0.6 is 0 Å². The number of aliphatic carboxylic acids is 1. The number of carboxylic acid groups (broad SMARTS) is 1. The standard InChI is InChI=1S/C7H13NO3/c1-5(2)3-6(7(10)11)8-4-9/h4-6H,3H2,1-2H3,(H,8,9)(H,10,11)/t6-/m0/s1/i1D3/t5?,6-. The second-order valence-corrected chi connectivity index (χ2v) is 2.31. The quantitative estimate of drug-likeness (QED) is 0.569. The summed E-state index contributed by atoms with van der Waals surface area (Å²) in [7, 11) is 0. The summed E-state index contributed by atoms with van der Waals surface area (Å²) in [6, 6.07) is -1.14. The van der Waals surface area contributed by atoms with Crippen molar-refractivity contribution in [2.24, 2.45) is 5.92 Å². The summed E-state index contributed by atoms with van der Waals surface area (Å²) in [5.41, 5.74) is 0. The van der Waals surface area contributed by atoms with Gasteiger partial charge in [0.1, 0.15) is 6.04 Å². The fourth-order valence-electron chi connectivity index (χ4n) is 0.676. The van der Waals surface area contributed by atoms with Crippen LogP contribution < -0.4 is 5.32 Å². The number of hydrogen-bond acceptors (Lipinski definition) is 2. The first-order valence-electron chi connectivity index (χ1n) is 4.71. The molecule has 0 fully saturated rings. The molecule has 0 aliphatic rings. The van der Waals surface area contributed by atoms with E-state index in [4.69, 9.17) is 9.22 Å². The molecule has 0 heterocycles. The fraction of sp³-hybridized carbons (Fsp3) is 0.714. The maximum absolute atomic E-state index is 10.5. The van der Waals surface area contributed by atoms with Gasteiger partial charge in [0.2, 0.25) is 6.41 Å². The van der Waals surface area contributed by atoms with Crippen molar-refractivity contribution < 1.29 is 18.8 Å². The van der Waals surface area contributed by atoms with Gasteiger partial charge in [0, 0.05) is 4.11 Å². The highest BCUT2D eigenvalue weighted by atomic mass is 16.4. The summed E-state index contributed by atoms with van der Waals surface area (Å²) in [6.45, 7) is -0.770. The van der Waals surface area contributed by atoms with Crippen LogP contribution in [0, 0.1) is 5.92 Å². The topological polar surface area (TPSA) is 66.4 Å². The summed E-state index contributed by atoms with van der Waals surface area (Å²) in [5.74, 6) is -2.00. The average molecular weight is 162 g/mol. The number of carbonyl (C=O) groups excluding carboxylic acids is 1. The summed E-state index contributed by atoms with van der Waals surface area (Å²) in [6.07, 6.45) is 0.148. The van der Waals surface area contributed by atoms with Crippen LogP contribution in [-0.2, 0) is 9.59 Å². The van der Waals surface area contributed by atoms with Crippen LogP contribution in [0.1, 0.15) is 24.3 Å². The summed E-state index contributed by atoms with van der Waals surface area (Å²) < 4.78 is 21.1. The smallest absolute Gasteiger partial charge is 0.326 e. The number of nitrogens with one attached hydrogen (secondary N) is 1. The van der Waals surface area contributed by atoms with Crippen LogP contribution in [-0.4, -0.2) is 23.5 Å². The van der Waals surface area contributed by atoms with Crippen molar-refractivity contribution in [1.29, 1.82) is 0 Å². The molecule has 0 aromatic rings. The average Bonchev–Trinajstić information content (AvgIpc) is 2.01. The van der Waals surface area contributed by atoms with Crippen molar-refractivity contribution in [3.63, 3.8) is 0 Å². The van der Waals surface area contributed by atoms with E-state index < -0.39 is 24.8 Å². The van der Waals surface area contributed by atoms with Gasteiger partial charge in [-0.3, -0.25) is 4.79 Å². The van der Waals surface area contributed by atoms with Crippen molar-refractivity contribution in [2.45, 2.75) is 26.2 Å². The van der Waals surface area contributed by atoms with E-state index in [9.17, 15) is 9.59 Å². The van der Waals surface area contributed by atoms with Crippen LogP contribution in [0.15, 0.2) is 0 Å². The molecule has 0 aliphatic heterocycles. The lowest BCUT2D eigenvalue weighted by molar-refractivity contribution is -0.141. The van der Waals surface area contributed by atoms with Crippen molar-refractivity contribution >= 4 is 12.4 Å². The molecule has 0 radical (unpaired) electrons. The second kappa shape index (κ2) is 4.71. The van der Waals surface area contributed by atoms with E-state index in [2.05, 4.69) is 5.32 Å². The highest BCUT2D eigenvalue weighted by Gasteiger charge is 2.16. The molecule has 0 spiro atoms. The Hall–Kier alpha value is -1.06. The van der Waals surface area contributed by atoms with Crippen molar-refractivity contribution in [3.05, 3.63) is 0 Å². The van der Waals surface area contributed by atoms with Crippen molar-refractivity contribution in [3.8, 4) is 0 Å². The minimum absolute atomic E-state index is 0.107. The molecule has 4 nitrogen and oxygen atoms in total. The summed E-state index contributed by atoms with van der Waals surface area (Å²) >= 11 is 0. The van der Waals surface area contributed by atoms with Gasteiger partial charge < -0.3 is 10.4 Å². The molecule has 0 aliphatic carbocycles. The highest BCUT2D eigenvalue weighted by molar-refractivity contribution is 5.76. The van der Waals surface area contributed by atoms with Gasteiger partial charge in [-0.25, -0.2) is 4.79 Å². The summed E-state index contributed by atoms with van der Waals surface area (Å²) in [4.78, 5) is 20.6. The molecule has 2 N–H and O–H groups in total. The molecule has 64 valence electrons. The normalized spacial score (nSPS) is 20.3. The fourth-order valence-corrected chi connectivity index (χ4v) is 0.676. The maximum Gasteiger partial charge on any atom is 0.326 e. The third kappa shape index (κ3) is 4.36. The Balaban J connectivity index is 4.30. The largest absolute Gasteiger partial charge is 0.480 e. The van der Waals surface area contributed by atoms with Crippen molar-refractivity contribution in [1.82, 2.24) is 5.32 Å². The summed E-state index contributed by atoms with van der Waals surface area (Å²) in [5, 5.41) is 10.7. The number of rotatable bonds is 5. The molecule has 0 bridgehead atoms. The first-order chi connectivity index (χ1) is 6.29. The van der Waals surface area contributed by atoms with E-state index in [0.29, 0.717) is 0 Å². The Morgan fingerprint density at radius 3 is 2.91 bits per heavy atom. The van der Waals surface area contributed by atoms with Gasteiger partial charge in [-0.05, 0) is 12.3 Å². The Labute approximate surface area is 69.8 Å². The van der Waals surface area contributed by atoms with Gasteiger partial charge in [0.25, 0.3) is 0 Å². The minimum atomic E-state index is -2.20. The lowest BCUT2D eigenvalue weighted by Gasteiger charge is -2.12. The number of carboxylic acids is 1. The van der Waals surface area contributed by atoms with Crippen LogP contribution in [0.3, 0.4) is 0 Å². The first-order valence-corrected chi connectivity index (χ1v) is 3.21. The van der Waals surface area contributed by atoms with E-state index in [-0.39, 0.29) is 12.8 Å². The van der Waals surface area contributed by atoms with Gasteiger partial charge in [0.05, 0.1) is 0 Å². The predicted octanol–water partition coefficient (Wildman–Crippen LogP) is 0.232. The zero-order chi connectivity index (χ0) is 11.4. The third-order valence-corrected chi connectivity index (χ3v) is 1.16. The lowest BCUT2D eigenvalue weighted by atomic mass is 10.0. The van der Waals surface area contributed by atoms with Gasteiger partial charge in [-0.15, -0.1) is 0 Å². The molecule has 0 saturated heterocycles. The van der Waals surface area contributed by atoms with Crippen LogP contribution in [0.25, 0.3) is 0 Å². The predicted molar refractivity (Wildman–Crippen MR) is 40.1 cm³/mol. The number of amides is 1. The van der Waals surface area contributed by atoms with E-state index >= 15 is 0 Å². The molecule has 2 atom stereocenters. The highest BCUT2D eigenvalue weighted by Crippen LogP contribution is 2.03. The van der Waals surface area contributed by atoms with Gasteiger partial charge in [-0.2, -0.15) is 0 Å². The number of carbonyl (C=O) groups is 2. The van der Waals surface area contributed by atoms with E-state index in [0.717, 1.165) is 0 Å². The molecule has 0 aromatic heterocycles. The molecule has 0 rings (SSSR count). The monoisotopic (exact) mass is 162 g/mol. The van der Waals surface area contributed by atoms with Gasteiger partial charge in [0.15, 0.2) is 0 Å². The van der Waals surface area contributed by atoms with Crippen molar-refractivity contribution in [2.75, 3.05) is 0 Å². The van der Waals surface area contributed by atoms with E-state index in [1.54, 1.807) is 0 Å². The molecular formula is C7H13NO3. The Morgan fingerprint density at radius 2 is 2.55 bits per heavy atom. The zero-order valence-corrected chi connectivity index (χ0v) is 6.20. The van der Waals surface area contributed by atoms with Gasteiger partial charge in [-0.1, -0.05) is 13.8 Å². The molecule has 1 amide bonds. The Bertz CT molecular complexity index is 217. The molecule has 0 aromatic carbocycles. The third-order valence-electron chi connectivity index (χ3n) is 1.16. The van der Waals surface area contributed by atoms with E-state index in [1.807, 2.05) is 0 Å². The van der Waals surface area contributed by atoms with E-state index in [1.165, 1.54) is 6.92 Å². The Morgan fingerprint density at radius 1 is 1.91 bits per heavy atom. The molecule has 1 unspecified atom stereocenters. The van der Waals surface area contributed by atoms with Crippen LogP contribution in [0.2, 0.25) is 0 Å². The number of hydrogen-bond donors (Lipinski definition) is 2. The van der Waals surface area contributed by atoms with Gasteiger partial charge >= 0.3 is 5.97 Å². The minimum Gasteiger partial charge on any atom is -0.480 e. The Kier molecular flexibility index (Phi) is 2.39.